The molecule has 3 aromatic rings. The second-order valence-corrected chi connectivity index (χ2v) is 39.5. The molecular weight excluding hydrogens is 1470 g/mol. The van der Waals surface area contributed by atoms with Crippen LogP contribution in [0.25, 0.3) is 0 Å². The molecule has 4 saturated carbocycles. The first kappa shape index (κ1) is 82.7. The van der Waals surface area contributed by atoms with Gasteiger partial charge in [-0.3, -0.25) is 14.4 Å². The molecule has 0 aromatic heterocycles. The van der Waals surface area contributed by atoms with Gasteiger partial charge in [0.2, 0.25) is 40.9 Å². The maximum absolute atomic E-state index is 14.4. The van der Waals surface area contributed by atoms with E-state index in [4.69, 9.17) is 77.0 Å². The largest absolute Gasteiger partial charge is 0.352 e. The summed E-state index contributed by atoms with van der Waals surface area (Å²) in [6, 6.07) is 22.4. The zero-order valence-electron chi connectivity index (χ0n) is 70.5. The van der Waals surface area contributed by atoms with Crippen LogP contribution in [0.1, 0.15) is 247 Å². The molecule has 23 rings (SSSR count). The molecular formula is C92H130FN3O19. The van der Waals surface area contributed by atoms with E-state index >= 15 is 0 Å². The Balaban J connectivity index is 0.000000131. The van der Waals surface area contributed by atoms with Crippen molar-refractivity contribution in [1.82, 2.24) is 10.6 Å². The number of amides is 3. The van der Waals surface area contributed by atoms with Gasteiger partial charge in [-0.1, -0.05) is 115 Å². The highest BCUT2D eigenvalue weighted by Gasteiger charge is 2.74. The fourth-order valence-electron chi connectivity index (χ4n) is 25.3. The Morgan fingerprint density at radius 2 is 0.696 bits per heavy atom. The highest BCUT2D eigenvalue weighted by atomic mass is 19.1. The minimum Gasteiger partial charge on any atom is -0.352 e. The Labute approximate surface area is 679 Å². The van der Waals surface area contributed by atoms with Gasteiger partial charge >= 0.3 is 0 Å². The smallest absolute Gasteiger partial charge is 0.224 e. The number of aryl methyl sites for hydroxylation is 2. The molecule has 22 nitrogen and oxygen atoms in total. The summed E-state index contributed by atoms with van der Waals surface area (Å²) >= 11 is 0. The van der Waals surface area contributed by atoms with Crippen LogP contribution >= 0.6 is 0 Å². The van der Waals surface area contributed by atoms with Crippen LogP contribution in [0.4, 0.5) is 10.1 Å². The summed E-state index contributed by atoms with van der Waals surface area (Å²) in [6.07, 6.45) is 16.6. The molecule has 3 N–H and O–H groups in total. The molecule has 0 radical (unpaired) electrons. The number of fused-ring (bicyclic) bond motifs is 8. The number of benzene rings is 3. The number of hydrogen-bond acceptors (Lipinski definition) is 19. The van der Waals surface area contributed by atoms with Crippen molar-refractivity contribution in [2.75, 3.05) is 5.32 Å². The minimum absolute atomic E-state index is 0.0185. The number of carbonyl (C=O) groups excluding carboxylic acids is 3. The number of hydrogen-bond donors (Lipinski definition) is 3. The molecule has 0 unspecified atom stereocenters. The van der Waals surface area contributed by atoms with Crippen LogP contribution < -0.4 is 16.0 Å². The zero-order chi connectivity index (χ0) is 80.5. The van der Waals surface area contributed by atoms with E-state index in [1.54, 1.807) is 12.1 Å². The van der Waals surface area contributed by atoms with Crippen molar-refractivity contribution >= 4 is 23.4 Å². The molecule has 16 saturated heterocycles. The summed E-state index contributed by atoms with van der Waals surface area (Å²) in [5, 5.41) is 9.25. The van der Waals surface area contributed by atoms with E-state index in [2.05, 4.69) is 103 Å². The van der Waals surface area contributed by atoms with E-state index in [1.807, 2.05) is 58.9 Å². The van der Waals surface area contributed by atoms with Crippen molar-refractivity contribution in [3.05, 3.63) is 101 Å². The third-order valence-electron chi connectivity index (χ3n) is 32.2. The van der Waals surface area contributed by atoms with Gasteiger partial charge in [0.25, 0.3) is 0 Å². The summed E-state index contributed by atoms with van der Waals surface area (Å²) in [7, 11) is 0. The van der Waals surface area contributed by atoms with Crippen LogP contribution in [0.15, 0.2) is 72.8 Å². The second-order valence-electron chi connectivity index (χ2n) is 39.5. The molecule has 3 aromatic carbocycles. The molecule has 8 bridgehead atoms. The monoisotopic (exact) mass is 1600 g/mol. The maximum Gasteiger partial charge on any atom is 0.224 e. The molecule has 16 aliphatic heterocycles. The molecule has 20 fully saturated rings. The Kier molecular flexibility index (Phi) is 23.0. The number of halogens is 1. The first-order chi connectivity index (χ1) is 54.9. The van der Waals surface area contributed by atoms with Crippen molar-refractivity contribution in [1.29, 1.82) is 0 Å². The average Bonchev–Trinajstić information content (AvgIpc) is 1.68. The highest BCUT2D eigenvalue weighted by Crippen LogP contribution is 2.66. The lowest BCUT2D eigenvalue weighted by molar-refractivity contribution is -0.571. The molecule has 4 spiro atoms. The topological polar surface area (TPSA) is 235 Å². The summed E-state index contributed by atoms with van der Waals surface area (Å²) in [4.78, 5) is 88.7. The van der Waals surface area contributed by atoms with E-state index < -0.39 is 76.6 Å². The lowest BCUT2D eigenvalue weighted by Gasteiger charge is -2.61. The van der Waals surface area contributed by atoms with Crippen molar-refractivity contribution in [2.45, 2.75) is 346 Å². The molecule has 3 amide bonds. The number of anilines is 1. The van der Waals surface area contributed by atoms with Crippen LogP contribution in [0.5, 0.6) is 0 Å². The van der Waals surface area contributed by atoms with Crippen LogP contribution in [-0.2, 0) is 104 Å². The van der Waals surface area contributed by atoms with Gasteiger partial charge in [-0.15, -0.1) is 0 Å². The summed E-state index contributed by atoms with van der Waals surface area (Å²) in [5.74, 6) is 1.09. The van der Waals surface area contributed by atoms with Gasteiger partial charge in [-0.25, -0.2) is 43.5 Å². The van der Waals surface area contributed by atoms with E-state index in [1.165, 1.54) is 36.1 Å². The van der Waals surface area contributed by atoms with Gasteiger partial charge in [-0.2, -0.15) is 0 Å². The van der Waals surface area contributed by atoms with E-state index in [0.29, 0.717) is 99.0 Å². The molecule has 4 aliphatic carbocycles. The van der Waals surface area contributed by atoms with Gasteiger partial charge < -0.3 is 53.8 Å². The summed E-state index contributed by atoms with van der Waals surface area (Å²) in [5.41, 5.74) is 2.79. The second kappa shape index (κ2) is 32.0. The molecule has 32 atom stereocenters. The number of ether oxygens (including phenoxy) is 8. The molecule has 16 heterocycles. The van der Waals surface area contributed by atoms with Crippen LogP contribution in [0, 0.1) is 120 Å². The first-order valence-corrected chi connectivity index (χ1v) is 44.5. The van der Waals surface area contributed by atoms with Crippen molar-refractivity contribution < 1.29 is 95.8 Å². The SMILES string of the molecule is C[C@H]1[C@@H](CC(C[C@H]2O[C@@H]3O[C@]4(C)CC[C@H]5[C@H](C)CC[C@@H]([C@H]2C)[C@@]35OO4)C(=O)NCc2ccc(F)cc2)O[C@@H]2O[C@]3(C)CC[C@H]4[C@H](C)CC[C@@H]1[C@@]24OO3.Cc1ccc(CNC(=O)CC[C@H]2O[C@@H]3O[C@]4(C)CC[C@H]5[C@H](C)CC[C@@H]([C@H]2C)[C@@]35OO4)cc1.Cc1ccc(NC(=O)CC[C@H]2O[C@@H]3O[C@]4(C)CC[C@H]5[C@H](C)CC[C@@H]([C@H]2C)[C@@]35OO4)cc1. The fraction of sp³-hybridized carbons (Fsp3) is 0.772. The van der Waals surface area contributed by atoms with Crippen LogP contribution in [0.3, 0.4) is 0 Å². The Morgan fingerprint density at radius 3 is 1.06 bits per heavy atom. The van der Waals surface area contributed by atoms with E-state index in [-0.39, 0.29) is 95.3 Å². The third-order valence-corrected chi connectivity index (χ3v) is 32.2. The third kappa shape index (κ3) is 15.1. The normalized spacial score (nSPS) is 46.8. The lowest BCUT2D eigenvalue weighted by atomic mass is 9.56. The number of nitrogens with one attached hydrogen (secondary N) is 3. The van der Waals surface area contributed by atoms with Crippen LogP contribution in [0.2, 0.25) is 0 Å². The summed E-state index contributed by atoms with van der Waals surface area (Å²) < 4.78 is 67.0. The van der Waals surface area contributed by atoms with Crippen molar-refractivity contribution in [3.63, 3.8) is 0 Å². The summed E-state index contributed by atoms with van der Waals surface area (Å²) in [6.45, 7) is 31.0. The molecule has 20 aliphatic rings. The lowest BCUT2D eigenvalue weighted by Crippen LogP contribution is -2.70. The predicted octanol–water partition coefficient (Wildman–Crippen LogP) is 16.9. The van der Waals surface area contributed by atoms with Gasteiger partial charge in [0, 0.05) is 86.9 Å². The van der Waals surface area contributed by atoms with E-state index in [0.717, 1.165) is 107 Å². The maximum atomic E-state index is 14.4. The number of carbonyl (C=O) groups is 3. The van der Waals surface area contributed by atoms with Crippen LogP contribution in [-0.4, -0.2) is 113 Å². The first-order valence-electron chi connectivity index (χ1n) is 44.5. The molecule has 634 valence electrons. The van der Waals surface area contributed by atoms with E-state index in [9.17, 15) is 18.8 Å². The van der Waals surface area contributed by atoms with Gasteiger partial charge in [0.1, 0.15) is 5.82 Å². The predicted molar refractivity (Wildman–Crippen MR) is 420 cm³/mol. The average molecular weight is 1600 g/mol. The van der Waals surface area contributed by atoms with Gasteiger partial charge in [-0.05, 0) is 251 Å². The highest BCUT2D eigenvalue weighted by molar-refractivity contribution is 5.90. The zero-order valence-corrected chi connectivity index (χ0v) is 70.5. The number of rotatable bonds is 16. The standard InChI is InChI=1S/C41H58FNO9.C26H37NO5.C25H35NO5/c1-22-7-13-31-24(3)33(45-36-40(31)29(22)15-17-38(5,47-36)49-51-40)19-27(35(44)43-21-26-9-11-28(42)12-10-26)20-34-25(4)32-14-8-23(2)30-16-18-39(6)48-37(46-34)41(30,32)52-50-39;1-16-5-8-19(9-6-16)15-27-23(28)12-11-22-18(3)21-10-7-17(2)20-13-14-25(4)30-24(29-22)26(20,21)32-31-25;1-15-5-8-18(9-6-15)26-22(27)12-11-21-17(3)20-10-7-16(2)19-13-14-24(4)29-23(28-21)25(19,20)31-30-24/h9-12,22-25,27,29-34,36-37H,7-8,13-21H2,1-6H3,(H,43,44);5-6,8-9,17-18,20-22,24H,7,10-15H2,1-4H3,(H,27,28);5-6,8-9,16-17,19-21,23H,7,10-14H2,1-4H3,(H,26,27)/t22-,23-,24-,25-,29+,30+,31+,32+,33-,34-,36-,37-,38+,39+,40-,41-;17-,18-,20+,21+,22-,24-,25+,26-;16-,17-,19+,20+,21-,23-,24+,25-/m111/s1. The molecule has 23 heteroatoms. The van der Waals surface area contributed by atoms with Gasteiger partial charge in [0.15, 0.2) is 47.6 Å². The van der Waals surface area contributed by atoms with Gasteiger partial charge in [0.05, 0.1) is 24.4 Å². The van der Waals surface area contributed by atoms with Crippen molar-refractivity contribution in [2.24, 2.45) is 101 Å². The minimum atomic E-state index is -0.869. The van der Waals surface area contributed by atoms with Crippen molar-refractivity contribution in [3.8, 4) is 0 Å². The Morgan fingerprint density at radius 1 is 0.383 bits per heavy atom. The Hall–Kier alpha value is -4.64. The molecule has 115 heavy (non-hydrogen) atoms. The Bertz CT molecular complexity index is 3880. The fourth-order valence-corrected chi connectivity index (χ4v) is 25.3. The quantitative estimate of drug-likeness (QED) is 0.113.